The van der Waals surface area contributed by atoms with Crippen LogP contribution >= 0.6 is 23.4 Å². The van der Waals surface area contributed by atoms with E-state index in [1.165, 1.54) is 5.56 Å². The summed E-state index contributed by atoms with van der Waals surface area (Å²) in [5, 5.41) is 0.851. The molecule has 1 fully saturated rings. The smallest absolute Gasteiger partial charge is 0.164 e. The fraction of sp³-hybridized carbons (Fsp3) is 0.381. The third-order valence-electron chi connectivity index (χ3n) is 5.14. The van der Waals surface area contributed by atoms with Gasteiger partial charge in [-0.1, -0.05) is 29.8 Å². The topological polar surface area (TPSA) is 29.5 Å². The summed E-state index contributed by atoms with van der Waals surface area (Å²) in [6.45, 7) is 3.55. The lowest BCUT2D eigenvalue weighted by Crippen LogP contribution is -2.23. The molecule has 0 N–H and O–H groups in total. The maximum atomic E-state index is 12.6. The quantitative estimate of drug-likeness (QED) is 0.683. The number of thioether (sulfide) groups is 1. The molecule has 1 unspecified atom stereocenters. The molecule has 0 spiro atoms. The first kappa shape index (κ1) is 17.9. The molecule has 2 heterocycles. The number of rotatable bonds is 5. The number of carbonyl (C=O) groups is 1. The molecule has 3 nitrogen and oxygen atoms in total. The predicted octanol–water partition coefficient (Wildman–Crippen LogP) is 4.89. The number of fused-ring (bicyclic) bond motifs is 1. The van der Waals surface area contributed by atoms with Gasteiger partial charge in [-0.3, -0.25) is 4.79 Å². The van der Waals surface area contributed by atoms with Crippen molar-refractivity contribution in [1.29, 1.82) is 0 Å². The zero-order valence-corrected chi connectivity index (χ0v) is 16.2. The summed E-state index contributed by atoms with van der Waals surface area (Å²) < 4.78 is 5.61. The van der Waals surface area contributed by atoms with Crippen molar-refractivity contribution in [1.82, 2.24) is 4.90 Å². The molecule has 4 rings (SSSR count). The van der Waals surface area contributed by atoms with Crippen LogP contribution in [-0.4, -0.2) is 42.7 Å². The van der Waals surface area contributed by atoms with Gasteiger partial charge in [0.2, 0.25) is 0 Å². The van der Waals surface area contributed by atoms with Gasteiger partial charge in [-0.25, -0.2) is 0 Å². The Bertz CT molecular complexity index is 810. The van der Waals surface area contributed by atoms with E-state index >= 15 is 0 Å². The number of hydrogen-bond acceptors (Lipinski definition) is 4. The third-order valence-corrected chi connectivity index (χ3v) is 6.48. The van der Waals surface area contributed by atoms with Crippen molar-refractivity contribution in [3.8, 4) is 5.75 Å². The van der Waals surface area contributed by atoms with Crippen LogP contribution in [0.4, 0.5) is 0 Å². The molecule has 5 heteroatoms. The van der Waals surface area contributed by atoms with Crippen molar-refractivity contribution in [2.24, 2.45) is 0 Å². The van der Waals surface area contributed by atoms with Crippen LogP contribution in [0.15, 0.2) is 47.4 Å². The monoisotopic (exact) mass is 387 g/mol. The van der Waals surface area contributed by atoms with Crippen molar-refractivity contribution < 1.29 is 9.53 Å². The minimum atomic E-state index is 0.208. The molecule has 2 aromatic rings. The summed E-state index contributed by atoms with van der Waals surface area (Å²) in [6, 6.07) is 13.9. The van der Waals surface area contributed by atoms with E-state index in [2.05, 4.69) is 11.0 Å². The van der Waals surface area contributed by atoms with Crippen LogP contribution in [0.3, 0.4) is 0 Å². The van der Waals surface area contributed by atoms with Crippen LogP contribution in [-0.2, 0) is 0 Å². The van der Waals surface area contributed by atoms with Crippen LogP contribution in [0.25, 0.3) is 0 Å². The molecular weight excluding hydrogens is 366 g/mol. The Labute approximate surface area is 163 Å². The number of carbonyl (C=O) groups excluding carboxylic acids is 1. The Balaban J connectivity index is 1.33. The highest BCUT2D eigenvalue weighted by Gasteiger charge is 2.25. The molecule has 2 aromatic carbocycles. The average Bonchev–Trinajstić information content (AvgIpc) is 3.15. The Morgan fingerprint density at radius 2 is 2.15 bits per heavy atom. The van der Waals surface area contributed by atoms with Gasteiger partial charge in [0, 0.05) is 35.8 Å². The summed E-state index contributed by atoms with van der Waals surface area (Å²) >= 11 is 8.10. The first-order chi connectivity index (χ1) is 12.7. The fourth-order valence-electron chi connectivity index (χ4n) is 3.72. The summed E-state index contributed by atoms with van der Waals surface area (Å²) in [5.41, 5.74) is 2.03. The standard InChI is InChI=1S/C21H22ClNO2S/c22-18-4-2-1-3-17(18)16-7-9-23(14-16)10-8-19(24)15-5-6-20-21(13-15)26-12-11-25-20/h1-6,13,16H,7-12,14H2. The minimum Gasteiger partial charge on any atom is -0.492 e. The lowest BCUT2D eigenvalue weighted by Gasteiger charge is -2.18. The summed E-state index contributed by atoms with van der Waals surface area (Å²) in [6.07, 6.45) is 1.66. The predicted molar refractivity (Wildman–Crippen MR) is 107 cm³/mol. The molecule has 0 bridgehead atoms. The van der Waals surface area contributed by atoms with Crippen molar-refractivity contribution in [2.75, 3.05) is 32.0 Å². The third kappa shape index (κ3) is 3.93. The minimum absolute atomic E-state index is 0.208. The molecule has 0 radical (unpaired) electrons. The Morgan fingerprint density at radius 3 is 3.04 bits per heavy atom. The molecule has 0 saturated carbocycles. The number of nitrogens with zero attached hydrogens (tertiary/aromatic N) is 1. The summed E-state index contributed by atoms with van der Waals surface area (Å²) in [5.74, 6) is 2.53. The van der Waals surface area contributed by atoms with Gasteiger partial charge >= 0.3 is 0 Å². The second kappa shape index (κ2) is 8.03. The number of ketones is 1. The van der Waals surface area contributed by atoms with E-state index in [-0.39, 0.29) is 5.78 Å². The molecular formula is C21H22ClNO2S. The van der Waals surface area contributed by atoms with Crippen molar-refractivity contribution in [3.63, 3.8) is 0 Å². The van der Waals surface area contributed by atoms with Gasteiger partial charge in [-0.2, -0.15) is 0 Å². The van der Waals surface area contributed by atoms with Gasteiger partial charge in [0.25, 0.3) is 0 Å². The van der Waals surface area contributed by atoms with E-state index in [0.29, 0.717) is 12.3 Å². The largest absolute Gasteiger partial charge is 0.492 e. The van der Waals surface area contributed by atoms with Gasteiger partial charge in [0.05, 0.1) is 11.5 Å². The Morgan fingerprint density at radius 1 is 1.27 bits per heavy atom. The fourth-order valence-corrected chi connectivity index (χ4v) is 4.87. The van der Waals surface area contributed by atoms with Crippen LogP contribution in [0.1, 0.15) is 34.7 Å². The molecule has 2 aliphatic heterocycles. The van der Waals surface area contributed by atoms with Crippen molar-refractivity contribution in [3.05, 3.63) is 58.6 Å². The highest BCUT2D eigenvalue weighted by Crippen LogP contribution is 2.34. The highest BCUT2D eigenvalue weighted by molar-refractivity contribution is 7.99. The molecule has 136 valence electrons. The molecule has 1 atom stereocenters. The van der Waals surface area contributed by atoms with Gasteiger partial charge < -0.3 is 9.64 Å². The molecule has 2 aliphatic rings. The van der Waals surface area contributed by atoms with Crippen molar-refractivity contribution >= 4 is 29.1 Å². The van der Waals surface area contributed by atoms with Crippen molar-refractivity contribution in [2.45, 2.75) is 23.7 Å². The molecule has 0 aromatic heterocycles. The maximum Gasteiger partial charge on any atom is 0.164 e. The zero-order valence-electron chi connectivity index (χ0n) is 14.6. The maximum absolute atomic E-state index is 12.6. The van der Waals surface area contributed by atoms with Crippen LogP contribution < -0.4 is 4.74 Å². The second-order valence-electron chi connectivity index (χ2n) is 6.84. The highest BCUT2D eigenvalue weighted by atomic mass is 35.5. The lowest BCUT2D eigenvalue weighted by molar-refractivity contribution is 0.0968. The SMILES string of the molecule is O=C(CCN1CCC(c2ccccc2Cl)C1)c1ccc2c(c1)SCCO2. The van der Waals surface area contributed by atoms with Gasteiger partial charge in [0.15, 0.2) is 5.78 Å². The number of likely N-dealkylation sites (tertiary alicyclic amines) is 1. The van der Waals surface area contributed by atoms with Gasteiger partial charge in [-0.05, 0) is 48.7 Å². The molecule has 1 saturated heterocycles. The molecule has 0 aliphatic carbocycles. The van der Waals surface area contributed by atoms with Crippen LogP contribution in [0.2, 0.25) is 5.02 Å². The number of Topliss-reactive ketones (excluding diaryl/α,β-unsaturated/α-hetero) is 1. The number of hydrogen-bond donors (Lipinski definition) is 0. The van der Waals surface area contributed by atoms with Crippen LogP contribution in [0, 0.1) is 0 Å². The van der Waals surface area contributed by atoms with Gasteiger partial charge in [0.1, 0.15) is 5.75 Å². The van der Waals surface area contributed by atoms with E-state index < -0.39 is 0 Å². The second-order valence-corrected chi connectivity index (χ2v) is 8.38. The van der Waals surface area contributed by atoms with E-state index in [9.17, 15) is 4.79 Å². The zero-order chi connectivity index (χ0) is 17.9. The Kier molecular flexibility index (Phi) is 5.53. The van der Waals surface area contributed by atoms with Gasteiger partial charge in [-0.15, -0.1) is 11.8 Å². The van der Waals surface area contributed by atoms with E-state index in [4.69, 9.17) is 16.3 Å². The Hall–Kier alpha value is -1.49. The van der Waals surface area contributed by atoms with E-state index in [1.807, 2.05) is 36.4 Å². The number of halogens is 1. The van der Waals surface area contributed by atoms with E-state index in [0.717, 1.165) is 59.6 Å². The number of benzene rings is 2. The number of ether oxygens (including phenoxy) is 1. The normalized spacial score (nSPS) is 19.8. The first-order valence-corrected chi connectivity index (χ1v) is 10.5. The summed E-state index contributed by atoms with van der Waals surface area (Å²) in [7, 11) is 0. The summed E-state index contributed by atoms with van der Waals surface area (Å²) in [4.78, 5) is 16.1. The lowest BCUT2D eigenvalue weighted by atomic mass is 9.98. The van der Waals surface area contributed by atoms with Crippen LogP contribution in [0.5, 0.6) is 5.75 Å². The first-order valence-electron chi connectivity index (χ1n) is 9.10. The average molecular weight is 388 g/mol. The molecule has 26 heavy (non-hydrogen) atoms. The van der Waals surface area contributed by atoms with E-state index in [1.54, 1.807) is 11.8 Å². The molecule has 0 amide bonds.